The van der Waals surface area contributed by atoms with Gasteiger partial charge in [-0.15, -0.1) is 5.10 Å². The lowest BCUT2D eigenvalue weighted by molar-refractivity contribution is 0.0912. The van der Waals surface area contributed by atoms with Gasteiger partial charge < -0.3 is 10.6 Å². The van der Waals surface area contributed by atoms with E-state index in [1.54, 1.807) is 0 Å². The number of hydrogen-bond acceptors (Lipinski definition) is 4. The molecule has 2 N–H and O–H groups in total. The summed E-state index contributed by atoms with van der Waals surface area (Å²) in [5.74, 6) is 1.50. The number of piperidine rings is 1. The normalized spacial score (nSPS) is 25.8. The monoisotopic (exact) mass is 333 g/mol. The SMILES string of the molecule is Cc1c(C(=O)NC2CCC(C(C)C)CC2)nnn1C1CCNCC1. The van der Waals surface area contributed by atoms with Crippen molar-refractivity contribution in [1.82, 2.24) is 25.6 Å². The standard InChI is InChI=1S/C18H31N5O/c1-12(2)14-4-6-15(7-5-14)20-18(24)17-13(3)23(22-21-17)16-8-10-19-11-9-16/h12,14-16,19H,4-11H2,1-3H3,(H,20,24). The average Bonchev–Trinajstić information content (AvgIpc) is 2.98. The van der Waals surface area contributed by atoms with E-state index in [0.717, 1.165) is 56.3 Å². The van der Waals surface area contributed by atoms with Crippen molar-refractivity contribution in [2.45, 2.75) is 71.4 Å². The molecule has 134 valence electrons. The molecule has 1 aliphatic heterocycles. The summed E-state index contributed by atoms with van der Waals surface area (Å²) in [7, 11) is 0. The van der Waals surface area contributed by atoms with E-state index in [-0.39, 0.29) is 11.9 Å². The molecule has 1 aromatic heterocycles. The Hall–Kier alpha value is -1.43. The van der Waals surface area contributed by atoms with Crippen molar-refractivity contribution in [2.24, 2.45) is 11.8 Å². The molecule has 1 saturated heterocycles. The molecule has 0 bridgehead atoms. The van der Waals surface area contributed by atoms with Crippen LogP contribution in [0.5, 0.6) is 0 Å². The van der Waals surface area contributed by atoms with E-state index >= 15 is 0 Å². The molecule has 1 aromatic rings. The molecule has 0 spiro atoms. The number of hydrogen-bond donors (Lipinski definition) is 2. The van der Waals surface area contributed by atoms with E-state index in [9.17, 15) is 4.79 Å². The Morgan fingerprint density at radius 2 is 1.83 bits per heavy atom. The second kappa shape index (κ2) is 7.64. The summed E-state index contributed by atoms with van der Waals surface area (Å²) in [6.07, 6.45) is 6.67. The number of nitrogens with one attached hydrogen (secondary N) is 2. The molecule has 0 unspecified atom stereocenters. The molecule has 3 rings (SSSR count). The molecular weight excluding hydrogens is 302 g/mol. The van der Waals surface area contributed by atoms with Gasteiger partial charge in [-0.1, -0.05) is 19.1 Å². The molecule has 2 fully saturated rings. The van der Waals surface area contributed by atoms with E-state index in [2.05, 4.69) is 34.8 Å². The molecule has 1 amide bonds. The van der Waals surface area contributed by atoms with Crippen LogP contribution in [0, 0.1) is 18.8 Å². The Morgan fingerprint density at radius 3 is 2.46 bits per heavy atom. The van der Waals surface area contributed by atoms with Crippen LogP contribution in [0.4, 0.5) is 0 Å². The summed E-state index contributed by atoms with van der Waals surface area (Å²) in [4.78, 5) is 12.6. The Bertz CT molecular complexity index is 554. The van der Waals surface area contributed by atoms with E-state index in [4.69, 9.17) is 0 Å². The van der Waals surface area contributed by atoms with Crippen LogP contribution in [0.1, 0.15) is 74.6 Å². The quantitative estimate of drug-likeness (QED) is 0.888. The largest absolute Gasteiger partial charge is 0.348 e. The van der Waals surface area contributed by atoms with Gasteiger partial charge in [-0.05, 0) is 70.4 Å². The van der Waals surface area contributed by atoms with Gasteiger partial charge in [0.05, 0.1) is 11.7 Å². The predicted octanol–water partition coefficient (Wildman–Crippen LogP) is 2.46. The van der Waals surface area contributed by atoms with Crippen molar-refractivity contribution in [3.05, 3.63) is 11.4 Å². The number of carbonyl (C=O) groups is 1. The summed E-state index contributed by atoms with van der Waals surface area (Å²) in [5.41, 5.74) is 1.40. The van der Waals surface area contributed by atoms with Crippen LogP contribution in [-0.4, -0.2) is 40.0 Å². The molecular formula is C18H31N5O. The second-order valence-electron chi connectivity index (χ2n) is 7.78. The van der Waals surface area contributed by atoms with E-state index in [0.29, 0.717) is 11.7 Å². The summed E-state index contributed by atoms with van der Waals surface area (Å²) >= 11 is 0. The first-order valence-corrected chi connectivity index (χ1v) is 9.49. The van der Waals surface area contributed by atoms with Crippen LogP contribution in [0.3, 0.4) is 0 Å². The van der Waals surface area contributed by atoms with Crippen molar-refractivity contribution in [2.75, 3.05) is 13.1 Å². The highest BCUT2D eigenvalue weighted by Crippen LogP contribution is 2.30. The zero-order valence-corrected chi connectivity index (χ0v) is 15.2. The van der Waals surface area contributed by atoms with E-state index < -0.39 is 0 Å². The number of carbonyl (C=O) groups excluding carboxylic acids is 1. The third-order valence-electron chi connectivity index (χ3n) is 5.85. The summed E-state index contributed by atoms with van der Waals surface area (Å²) in [5, 5.41) is 15.0. The van der Waals surface area contributed by atoms with Gasteiger partial charge in [0.25, 0.3) is 5.91 Å². The van der Waals surface area contributed by atoms with Gasteiger partial charge >= 0.3 is 0 Å². The molecule has 0 atom stereocenters. The maximum absolute atomic E-state index is 12.6. The van der Waals surface area contributed by atoms with Crippen LogP contribution in [0.25, 0.3) is 0 Å². The second-order valence-corrected chi connectivity index (χ2v) is 7.78. The minimum absolute atomic E-state index is 0.0549. The maximum Gasteiger partial charge on any atom is 0.273 e. The highest BCUT2D eigenvalue weighted by molar-refractivity contribution is 5.93. The Morgan fingerprint density at radius 1 is 1.17 bits per heavy atom. The Kier molecular flexibility index (Phi) is 5.54. The minimum Gasteiger partial charge on any atom is -0.348 e. The van der Waals surface area contributed by atoms with Crippen molar-refractivity contribution >= 4 is 5.91 Å². The van der Waals surface area contributed by atoms with Gasteiger partial charge in [-0.3, -0.25) is 4.79 Å². The first-order chi connectivity index (χ1) is 11.6. The third-order valence-corrected chi connectivity index (χ3v) is 5.85. The van der Waals surface area contributed by atoms with Gasteiger partial charge in [-0.2, -0.15) is 0 Å². The van der Waals surface area contributed by atoms with Crippen LogP contribution in [0.15, 0.2) is 0 Å². The summed E-state index contributed by atoms with van der Waals surface area (Å²) in [6.45, 7) is 8.57. The Labute approximate surface area is 144 Å². The predicted molar refractivity (Wildman–Crippen MR) is 93.9 cm³/mol. The minimum atomic E-state index is -0.0549. The van der Waals surface area contributed by atoms with Crippen molar-refractivity contribution < 1.29 is 4.79 Å². The molecule has 2 aliphatic rings. The zero-order chi connectivity index (χ0) is 17.1. The van der Waals surface area contributed by atoms with Crippen LogP contribution in [-0.2, 0) is 0 Å². The molecule has 0 aromatic carbocycles. The lowest BCUT2D eigenvalue weighted by Gasteiger charge is -2.31. The zero-order valence-electron chi connectivity index (χ0n) is 15.2. The van der Waals surface area contributed by atoms with Crippen molar-refractivity contribution in [3.8, 4) is 0 Å². The lowest BCUT2D eigenvalue weighted by Crippen LogP contribution is -2.38. The fourth-order valence-corrected chi connectivity index (χ4v) is 4.13. The van der Waals surface area contributed by atoms with Gasteiger partial charge in [0.1, 0.15) is 0 Å². The van der Waals surface area contributed by atoms with E-state index in [1.807, 2.05) is 11.6 Å². The van der Waals surface area contributed by atoms with Gasteiger partial charge in [0.15, 0.2) is 5.69 Å². The van der Waals surface area contributed by atoms with Gasteiger partial charge in [0, 0.05) is 6.04 Å². The number of rotatable bonds is 4. The van der Waals surface area contributed by atoms with Gasteiger partial charge in [0.2, 0.25) is 0 Å². The molecule has 6 nitrogen and oxygen atoms in total. The summed E-state index contributed by atoms with van der Waals surface area (Å²) in [6, 6.07) is 0.651. The smallest absolute Gasteiger partial charge is 0.273 e. The first-order valence-electron chi connectivity index (χ1n) is 9.49. The van der Waals surface area contributed by atoms with Crippen molar-refractivity contribution in [3.63, 3.8) is 0 Å². The molecule has 0 radical (unpaired) electrons. The van der Waals surface area contributed by atoms with Crippen LogP contribution < -0.4 is 10.6 Å². The number of amides is 1. The fraction of sp³-hybridized carbons (Fsp3) is 0.833. The third kappa shape index (κ3) is 3.79. The molecule has 6 heteroatoms. The molecule has 2 heterocycles. The average molecular weight is 333 g/mol. The number of nitrogens with zero attached hydrogens (tertiary/aromatic N) is 3. The topological polar surface area (TPSA) is 71.8 Å². The van der Waals surface area contributed by atoms with Crippen molar-refractivity contribution in [1.29, 1.82) is 0 Å². The fourth-order valence-electron chi connectivity index (χ4n) is 4.13. The molecule has 1 aliphatic carbocycles. The van der Waals surface area contributed by atoms with Crippen LogP contribution in [0.2, 0.25) is 0 Å². The molecule has 24 heavy (non-hydrogen) atoms. The lowest BCUT2D eigenvalue weighted by atomic mass is 9.80. The molecule has 1 saturated carbocycles. The maximum atomic E-state index is 12.6. The Balaban J connectivity index is 1.59. The van der Waals surface area contributed by atoms with Crippen LogP contribution >= 0.6 is 0 Å². The van der Waals surface area contributed by atoms with E-state index in [1.165, 1.54) is 12.8 Å². The highest BCUT2D eigenvalue weighted by Gasteiger charge is 2.27. The number of aromatic nitrogens is 3. The van der Waals surface area contributed by atoms with Gasteiger partial charge in [-0.25, -0.2) is 4.68 Å². The summed E-state index contributed by atoms with van der Waals surface area (Å²) < 4.78 is 1.95. The highest BCUT2D eigenvalue weighted by atomic mass is 16.2. The first kappa shape index (κ1) is 17.4.